The molecule has 0 heterocycles. The maximum atomic E-state index is 11.8. The number of amides is 1. The molecule has 19 heavy (non-hydrogen) atoms. The molecule has 2 rings (SSSR count). The third-order valence-corrected chi connectivity index (χ3v) is 3.82. The van der Waals surface area contributed by atoms with Crippen LogP contribution in [0.4, 0.5) is 5.69 Å². The van der Waals surface area contributed by atoms with E-state index in [-0.39, 0.29) is 5.91 Å². The highest BCUT2D eigenvalue weighted by atomic mass is 16.1. The molecule has 1 saturated carbocycles. The summed E-state index contributed by atoms with van der Waals surface area (Å²) in [5.74, 6) is 0.0397. The Labute approximate surface area is 115 Å². The van der Waals surface area contributed by atoms with Crippen molar-refractivity contribution in [2.45, 2.75) is 39.5 Å². The molecule has 0 aromatic heterocycles. The Morgan fingerprint density at radius 3 is 2.79 bits per heavy atom. The summed E-state index contributed by atoms with van der Waals surface area (Å²) < 4.78 is 0. The van der Waals surface area contributed by atoms with E-state index in [1.807, 2.05) is 31.2 Å². The Bertz CT molecular complexity index is 438. The van der Waals surface area contributed by atoms with Gasteiger partial charge in [0.05, 0.1) is 6.54 Å². The average molecular weight is 260 g/mol. The van der Waals surface area contributed by atoms with Gasteiger partial charge in [-0.2, -0.15) is 0 Å². The molecule has 2 N–H and O–H groups in total. The smallest absolute Gasteiger partial charge is 0.238 e. The lowest BCUT2D eigenvalue weighted by Crippen LogP contribution is -2.32. The van der Waals surface area contributed by atoms with E-state index in [2.05, 4.69) is 17.6 Å². The molecule has 104 valence electrons. The van der Waals surface area contributed by atoms with E-state index >= 15 is 0 Å². The number of nitrogens with one attached hydrogen (secondary N) is 2. The van der Waals surface area contributed by atoms with Crippen LogP contribution in [0, 0.1) is 12.3 Å². The van der Waals surface area contributed by atoms with Crippen LogP contribution in [0.25, 0.3) is 0 Å². The number of hydrogen-bond donors (Lipinski definition) is 2. The van der Waals surface area contributed by atoms with Gasteiger partial charge in [0.25, 0.3) is 0 Å². The summed E-state index contributed by atoms with van der Waals surface area (Å²) in [4.78, 5) is 11.8. The fraction of sp³-hybridized carbons (Fsp3) is 0.562. The van der Waals surface area contributed by atoms with Gasteiger partial charge in [-0.05, 0) is 49.3 Å². The van der Waals surface area contributed by atoms with Crippen LogP contribution in [0.15, 0.2) is 24.3 Å². The number of carbonyl (C=O) groups excluding carboxylic acids is 1. The van der Waals surface area contributed by atoms with Crippen molar-refractivity contribution in [1.29, 1.82) is 0 Å². The number of aryl methyl sites for hydroxylation is 1. The van der Waals surface area contributed by atoms with Gasteiger partial charge in [0.2, 0.25) is 5.91 Å². The first-order chi connectivity index (χ1) is 9.13. The monoisotopic (exact) mass is 260 g/mol. The maximum absolute atomic E-state index is 11.8. The fourth-order valence-electron chi connectivity index (χ4n) is 2.59. The summed E-state index contributed by atoms with van der Waals surface area (Å²) in [6.07, 6.45) is 5.14. The molecule has 0 bridgehead atoms. The van der Waals surface area contributed by atoms with Crippen LogP contribution in [0.5, 0.6) is 0 Å². The number of carbonyl (C=O) groups is 1. The Morgan fingerprint density at radius 2 is 2.16 bits per heavy atom. The van der Waals surface area contributed by atoms with E-state index in [9.17, 15) is 4.79 Å². The lowest BCUT2D eigenvalue weighted by molar-refractivity contribution is -0.115. The third kappa shape index (κ3) is 4.35. The summed E-state index contributed by atoms with van der Waals surface area (Å²) in [6.45, 7) is 5.63. The van der Waals surface area contributed by atoms with E-state index in [1.165, 1.54) is 25.7 Å². The summed E-state index contributed by atoms with van der Waals surface area (Å²) in [5, 5.41) is 6.22. The lowest BCUT2D eigenvalue weighted by Gasteiger charge is -2.14. The zero-order chi connectivity index (χ0) is 13.7. The Balaban J connectivity index is 1.70. The summed E-state index contributed by atoms with van der Waals surface area (Å²) >= 11 is 0. The lowest BCUT2D eigenvalue weighted by atomic mass is 10.0. The molecule has 1 aliphatic carbocycles. The largest absolute Gasteiger partial charge is 0.325 e. The number of hydrogen-bond acceptors (Lipinski definition) is 2. The van der Waals surface area contributed by atoms with Crippen LogP contribution >= 0.6 is 0 Å². The third-order valence-electron chi connectivity index (χ3n) is 3.82. The molecule has 0 radical (unpaired) electrons. The second-order valence-electron chi connectivity index (χ2n) is 5.77. The van der Waals surface area contributed by atoms with E-state index in [4.69, 9.17) is 0 Å². The first-order valence-corrected chi connectivity index (χ1v) is 7.21. The predicted molar refractivity (Wildman–Crippen MR) is 79.3 cm³/mol. The SMILES string of the molecule is CCCC1(CNCC(=O)Nc2cccc(C)c2)CC1. The van der Waals surface area contributed by atoms with Crippen LogP contribution in [0.2, 0.25) is 0 Å². The summed E-state index contributed by atoms with van der Waals surface area (Å²) in [7, 11) is 0. The quantitative estimate of drug-likeness (QED) is 0.791. The molecular weight excluding hydrogens is 236 g/mol. The van der Waals surface area contributed by atoms with Crippen molar-refractivity contribution in [3.8, 4) is 0 Å². The first kappa shape index (κ1) is 14.1. The van der Waals surface area contributed by atoms with Gasteiger partial charge in [-0.3, -0.25) is 4.79 Å². The van der Waals surface area contributed by atoms with Gasteiger partial charge in [0.15, 0.2) is 0 Å². The molecule has 0 atom stereocenters. The fourth-order valence-corrected chi connectivity index (χ4v) is 2.59. The normalized spacial score (nSPS) is 16.1. The molecule has 0 saturated heterocycles. The van der Waals surface area contributed by atoms with Crippen molar-refractivity contribution in [3.63, 3.8) is 0 Å². The minimum absolute atomic E-state index is 0.0397. The Morgan fingerprint density at radius 1 is 1.37 bits per heavy atom. The molecular formula is C16H24N2O. The van der Waals surface area contributed by atoms with Crippen molar-refractivity contribution in [2.75, 3.05) is 18.4 Å². The molecule has 1 aromatic carbocycles. The number of anilines is 1. The minimum atomic E-state index is 0.0397. The number of rotatable bonds is 7. The van der Waals surface area contributed by atoms with Crippen LogP contribution in [0.1, 0.15) is 38.2 Å². The second-order valence-corrected chi connectivity index (χ2v) is 5.77. The minimum Gasteiger partial charge on any atom is -0.325 e. The van der Waals surface area contributed by atoms with Gasteiger partial charge >= 0.3 is 0 Å². The highest BCUT2D eigenvalue weighted by Crippen LogP contribution is 2.48. The van der Waals surface area contributed by atoms with E-state index in [0.717, 1.165) is 17.8 Å². The van der Waals surface area contributed by atoms with Gasteiger partial charge < -0.3 is 10.6 Å². The topological polar surface area (TPSA) is 41.1 Å². The standard InChI is InChI=1S/C16H24N2O/c1-3-7-16(8-9-16)12-17-11-15(19)18-14-6-4-5-13(2)10-14/h4-6,10,17H,3,7-9,11-12H2,1-2H3,(H,18,19). The zero-order valence-electron chi connectivity index (χ0n) is 12.0. The molecule has 0 spiro atoms. The van der Waals surface area contributed by atoms with Gasteiger partial charge in [0, 0.05) is 12.2 Å². The highest BCUT2D eigenvalue weighted by Gasteiger charge is 2.40. The van der Waals surface area contributed by atoms with E-state index in [1.54, 1.807) is 0 Å². The van der Waals surface area contributed by atoms with Crippen LogP contribution in [-0.2, 0) is 4.79 Å². The zero-order valence-corrected chi connectivity index (χ0v) is 12.0. The predicted octanol–water partition coefficient (Wildman–Crippen LogP) is 3.10. The van der Waals surface area contributed by atoms with Gasteiger partial charge in [-0.1, -0.05) is 25.5 Å². The highest BCUT2D eigenvalue weighted by molar-refractivity contribution is 5.92. The molecule has 1 fully saturated rings. The molecule has 1 amide bonds. The van der Waals surface area contributed by atoms with Crippen molar-refractivity contribution >= 4 is 11.6 Å². The second kappa shape index (κ2) is 6.20. The molecule has 3 nitrogen and oxygen atoms in total. The molecule has 0 aliphatic heterocycles. The van der Waals surface area contributed by atoms with Crippen molar-refractivity contribution in [2.24, 2.45) is 5.41 Å². The Hall–Kier alpha value is -1.35. The van der Waals surface area contributed by atoms with Gasteiger partial charge in [-0.25, -0.2) is 0 Å². The summed E-state index contributed by atoms with van der Waals surface area (Å²) in [6, 6.07) is 7.88. The summed E-state index contributed by atoms with van der Waals surface area (Å²) in [5.41, 5.74) is 2.53. The van der Waals surface area contributed by atoms with E-state index < -0.39 is 0 Å². The van der Waals surface area contributed by atoms with Crippen LogP contribution < -0.4 is 10.6 Å². The van der Waals surface area contributed by atoms with Gasteiger partial charge in [0.1, 0.15) is 0 Å². The van der Waals surface area contributed by atoms with Crippen molar-refractivity contribution < 1.29 is 4.79 Å². The first-order valence-electron chi connectivity index (χ1n) is 7.21. The van der Waals surface area contributed by atoms with Crippen molar-refractivity contribution in [3.05, 3.63) is 29.8 Å². The molecule has 0 unspecified atom stereocenters. The Kier molecular flexibility index (Phi) is 4.59. The van der Waals surface area contributed by atoms with Gasteiger partial charge in [-0.15, -0.1) is 0 Å². The average Bonchev–Trinajstić information content (AvgIpc) is 3.09. The molecule has 3 heteroatoms. The molecule has 1 aliphatic rings. The van der Waals surface area contributed by atoms with Crippen LogP contribution in [0.3, 0.4) is 0 Å². The van der Waals surface area contributed by atoms with Crippen molar-refractivity contribution in [1.82, 2.24) is 5.32 Å². The number of benzene rings is 1. The maximum Gasteiger partial charge on any atom is 0.238 e. The van der Waals surface area contributed by atoms with E-state index in [0.29, 0.717) is 12.0 Å². The van der Waals surface area contributed by atoms with Crippen LogP contribution in [-0.4, -0.2) is 19.0 Å². The molecule has 1 aromatic rings.